The highest BCUT2D eigenvalue weighted by Crippen LogP contribution is 2.26. The second-order valence-corrected chi connectivity index (χ2v) is 5.83. The summed E-state index contributed by atoms with van der Waals surface area (Å²) in [5.41, 5.74) is 1.11. The van der Waals surface area contributed by atoms with E-state index in [0.717, 1.165) is 30.3 Å². The van der Waals surface area contributed by atoms with Gasteiger partial charge in [0.2, 0.25) is 0 Å². The van der Waals surface area contributed by atoms with Crippen LogP contribution in [0.1, 0.15) is 26.7 Å². The molecule has 1 aromatic rings. The van der Waals surface area contributed by atoms with E-state index in [1.165, 1.54) is 12.8 Å². The molecular formula is C14H22ClN3. The molecule has 100 valence electrons. The first-order valence-corrected chi connectivity index (χ1v) is 7.12. The number of hydrogen-bond donors (Lipinski definition) is 1. The lowest BCUT2D eigenvalue weighted by Crippen LogP contribution is -2.39. The summed E-state index contributed by atoms with van der Waals surface area (Å²) in [5.74, 6) is 0.621. The van der Waals surface area contributed by atoms with E-state index in [-0.39, 0.29) is 0 Å². The lowest BCUT2D eigenvalue weighted by Gasteiger charge is -2.30. The van der Waals surface area contributed by atoms with Crippen LogP contribution >= 0.6 is 11.6 Å². The molecule has 2 heterocycles. The number of anilines is 1. The van der Waals surface area contributed by atoms with Crippen LogP contribution in [-0.4, -0.2) is 30.7 Å². The Hall–Kier alpha value is -0.800. The van der Waals surface area contributed by atoms with Gasteiger partial charge in [-0.1, -0.05) is 25.4 Å². The molecule has 2 rings (SSSR count). The predicted molar refractivity (Wildman–Crippen MR) is 77.3 cm³/mol. The van der Waals surface area contributed by atoms with E-state index < -0.39 is 0 Å². The van der Waals surface area contributed by atoms with E-state index >= 15 is 0 Å². The van der Waals surface area contributed by atoms with Crippen molar-refractivity contribution in [3.8, 4) is 0 Å². The Balaban J connectivity index is 2.11. The van der Waals surface area contributed by atoms with Gasteiger partial charge < -0.3 is 10.2 Å². The normalized spacial score (nSPS) is 19.4. The Kier molecular flexibility index (Phi) is 4.84. The molecule has 1 saturated heterocycles. The second-order valence-electron chi connectivity index (χ2n) is 5.42. The molecular weight excluding hydrogens is 246 g/mol. The third-order valence-corrected chi connectivity index (χ3v) is 3.57. The molecule has 1 atom stereocenters. The summed E-state index contributed by atoms with van der Waals surface area (Å²) in [6, 6.07) is 2.60. The fraction of sp³-hybridized carbons (Fsp3) is 0.643. The highest BCUT2D eigenvalue weighted by molar-refractivity contribution is 6.33. The Bertz CT molecular complexity index is 375. The Labute approximate surface area is 115 Å². The lowest BCUT2D eigenvalue weighted by atomic mass is 10.1. The number of nitrogens with zero attached hydrogens (tertiary/aromatic N) is 2. The molecule has 3 nitrogen and oxygen atoms in total. The fourth-order valence-electron chi connectivity index (χ4n) is 2.51. The number of rotatable bonds is 5. The summed E-state index contributed by atoms with van der Waals surface area (Å²) < 4.78 is 0. The van der Waals surface area contributed by atoms with Gasteiger partial charge in [-0.15, -0.1) is 0 Å². The predicted octanol–water partition coefficient (Wildman–Crippen LogP) is 2.95. The standard InChI is InChI=1S/C14H22ClN3/c1-11(2)9-18(10-12-4-3-6-17-12)14-5-7-16-8-13(14)15/h5,7-8,11-12,17H,3-4,6,9-10H2,1-2H3. The Morgan fingerprint density at radius 2 is 2.39 bits per heavy atom. The Morgan fingerprint density at radius 3 is 3.00 bits per heavy atom. The smallest absolute Gasteiger partial charge is 0.0822 e. The van der Waals surface area contributed by atoms with E-state index in [4.69, 9.17) is 11.6 Å². The molecule has 1 fully saturated rings. The van der Waals surface area contributed by atoms with Crippen molar-refractivity contribution >= 4 is 17.3 Å². The van der Waals surface area contributed by atoms with Crippen LogP contribution < -0.4 is 10.2 Å². The SMILES string of the molecule is CC(C)CN(CC1CCCN1)c1ccncc1Cl. The van der Waals surface area contributed by atoms with E-state index in [2.05, 4.69) is 29.0 Å². The van der Waals surface area contributed by atoms with Gasteiger partial charge in [0.1, 0.15) is 0 Å². The van der Waals surface area contributed by atoms with Gasteiger partial charge >= 0.3 is 0 Å². The first-order valence-electron chi connectivity index (χ1n) is 6.74. The van der Waals surface area contributed by atoms with Crippen LogP contribution in [0.2, 0.25) is 5.02 Å². The number of pyridine rings is 1. The molecule has 0 aromatic carbocycles. The highest BCUT2D eigenvalue weighted by atomic mass is 35.5. The van der Waals surface area contributed by atoms with E-state index in [1.807, 2.05) is 12.3 Å². The minimum absolute atomic E-state index is 0.591. The summed E-state index contributed by atoms with van der Waals surface area (Å²) >= 11 is 6.26. The molecule has 1 N–H and O–H groups in total. The molecule has 0 saturated carbocycles. The number of hydrogen-bond acceptors (Lipinski definition) is 3. The highest BCUT2D eigenvalue weighted by Gasteiger charge is 2.20. The van der Waals surface area contributed by atoms with Crippen molar-refractivity contribution in [1.29, 1.82) is 0 Å². The van der Waals surface area contributed by atoms with Gasteiger partial charge in [0.25, 0.3) is 0 Å². The van der Waals surface area contributed by atoms with Crippen LogP contribution in [0.15, 0.2) is 18.5 Å². The van der Waals surface area contributed by atoms with Crippen molar-refractivity contribution in [3.05, 3.63) is 23.5 Å². The maximum Gasteiger partial charge on any atom is 0.0822 e. The number of nitrogens with one attached hydrogen (secondary N) is 1. The molecule has 18 heavy (non-hydrogen) atoms. The zero-order valence-electron chi connectivity index (χ0n) is 11.2. The maximum absolute atomic E-state index is 6.26. The number of halogens is 1. The third-order valence-electron chi connectivity index (χ3n) is 3.28. The number of aromatic nitrogens is 1. The monoisotopic (exact) mass is 267 g/mol. The van der Waals surface area contributed by atoms with E-state index in [1.54, 1.807) is 6.20 Å². The van der Waals surface area contributed by atoms with Crippen molar-refractivity contribution in [2.24, 2.45) is 5.92 Å². The van der Waals surface area contributed by atoms with Gasteiger partial charge in [0.05, 0.1) is 10.7 Å². The van der Waals surface area contributed by atoms with Crippen LogP contribution in [0.3, 0.4) is 0 Å². The van der Waals surface area contributed by atoms with Gasteiger partial charge in [-0.05, 0) is 31.4 Å². The second kappa shape index (κ2) is 6.39. The van der Waals surface area contributed by atoms with Crippen LogP contribution in [0.4, 0.5) is 5.69 Å². The topological polar surface area (TPSA) is 28.2 Å². The zero-order chi connectivity index (χ0) is 13.0. The molecule has 1 aliphatic rings. The molecule has 0 spiro atoms. The molecule has 0 bridgehead atoms. The molecule has 1 aliphatic heterocycles. The third kappa shape index (κ3) is 3.59. The minimum atomic E-state index is 0.591. The van der Waals surface area contributed by atoms with Gasteiger partial charge in [-0.2, -0.15) is 0 Å². The zero-order valence-corrected chi connectivity index (χ0v) is 12.0. The molecule has 1 unspecified atom stereocenters. The van der Waals surface area contributed by atoms with Gasteiger partial charge in [-0.25, -0.2) is 0 Å². The van der Waals surface area contributed by atoms with E-state index in [9.17, 15) is 0 Å². The molecule has 0 amide bonds. The fourth-order valence-corrected chi connectivity index (χ4v) is 2.75. The average molecular weight is 268 g/mol. The van der Waals surface area contributed by atoms with Crippen molar-refractivity contribution in [1.82, 2.24) is 10.3 Å². The van der Waals surface area contributed by atoms with Crippen LogP contribution in [0.25, 0.3) is 0 Å². The van der Waals surface area contributed by atoms with Crippen molar-refractivity contribution in [3.63, 3.8) is 0 Å². The van der Waals surface area contributed by atoms with Gasteiger partial charge in [0, 0.05) is 31.5 Å². The summed E-state index contributed by atoms with van der Waals surface area (Å²) in [4.78, 5) is 6.45. The minimum Gasteiger partial charge on any atom is -0.368 e. The van der Waals surface area contributed by atoms with Gasteiger partial charge in [-0.3, -0.25) is 4.98 Å². The first kappa shape index (κ1) is 13.6. The van der Waals surface area contributed by atoms with Crippen LogP contribution in [0.5, 0.6) is 0 Å². The molecule has 1 aromatic heterocycles. The summed E-state index contributed by atoms with van der Waals surface area (Å²) in [7, 11) is 0. The molecule has 4 heteroatoms. The van der Waals surface area contributed by atoms with Crippen molar-refractivity contribution in [2.45, 2.75) is 32.7 Å². The summed E-state index contributed by atoms with van der Waals surface area (Å²) in [5, 5.41) is 4.30. The van der Waals surface area contributed by atoms with Gasteiger partial charge in [0.15, 0.2) is 0 Å². The Morgan fingerprint density at radius 1 is 1.56 bits per heavy atom. The quantitative estimate of drug-likeness (QED) is 0.889. The maximum atomic E-state index is 6.26. The van der Waals surface area contributed by atoms with E-state index in [0.29, 0.717) is 12.0 Å². The van der Waals surface area contributed by atoms with Crippen molar-refractivity contribution < 1.29 is 0 Å². The van der Waals surface area contributed by atoms with Crippen LogP contribution in [0, 0.1) is 5.92 Å². The first-order chi connectivity index (χ1) is 8.66. The lowest BCUT2D eigenvalue weighted by molar-refractivity contribution is 0.541. The largest absolute Gasteiger partial charge is 0.368 e. The van der Waals surface area contributed by atoms with Crippen molar-refractivity contribution in [2.75, 3.05) is 24.5 Å². The average Bonchev–Trinajstić information content (AvgIpc) is 2.81. The molecule has 0 aliphatic carbocycles. The summed E-state index contributed by atoms with van der Waals surface area (Å²) in [6.07, 6.45) is 6.09. The summed E-state index contributed by atoms with van der Waals surface area (Å²) in [6.45, 7) is 7.68. The van der Waals surface area contributed by atoms with Crippen LogP contribution in [-0.2, 0) is 0 Å². The molecule has 0 radical (unpaired) electrons.